The van der Waals surface area contributed by atoms with Crippen LogP contribution >= 0.6 is 23.4 Å². The number of thioether (sulfide) groups is 1. The Hall–Kier alpha value is -2.69. The molecule has 0 bridgehead atoms. The number of hydrogen-bond acceptors (Lipinski definition) is 6. The van der Waals surface area contributed by atoms with Crippen LogP contribution in [0.1, 0.15) is 25.1 Å². The summed E-state index contributed by atoms with van der Waals surface area (Å²) < 4.78 is 10.8. The molecular formula is C20H18ClN3O3S. The molecular weight excluding hydrogens is 398 g/mol. The number of nitrogens with zero attached hydrogens (tertiary/aromatic N) is 2. The molecule has 1 atom stereocenters. The van der Waals surface area contributed by atoms with Crippen LogP contribution in [0.15, 0.2) is 41.1 Å². The molecule has 8 heteroatoms. The Labute approximate surface area is 172 Å². The lowest BCUT2D eigenvalue weighted by Crippen LogP contribution is -2.46. The molecule has 0 aliphatic rings. The van der Waals surface area contributed by atoms with Crippen molar-refractivity contribution in [3.8, 4) is 18.1 Å². The SMILES string of the molecule is C#Cc1cnc2ccc(OC(SC)C(=O)NC(C)(C)c3cc(Cl)on3)cc2c1. The molecule has 0 fully saturated rings. The standard InChI is InChI=1S/C20H18ClN3O3S/c1-5-12-8-13-9-14(6-7-15(13)22-11-12)26-19(28-4)18(25)23-20(2,3)16-10-17(21)27-24-16/h1,6-11,19H,2-4H3,(H,23,25). The second kappa shape index (κ2) is 8.13. The average Bonchev–Trinajstić information content (AvgIpc) is 3.12. The van der Waals surface area contributed by atoms with E-state index in [1.54, 1.807) is 38.4 Å². The smallest absolute Gasteiger partial charge is 0.272 e. The number of carbonyl (C=O) groups is 1. The van der Waals surface area contributed by atoms with Gasteiger partial charge in [-0.05, 0) is 56.0 Å². The summed E-state index contributed by atoms with van der Waals surface area (Å²) in [6, 6.07) is 8.81. The van der Waals surface area contributed by atoms with E-state index in [4.69, 9.17) is 27.3 Å². The van der Waals surface area contributed by atoms with E-state index in [0.29, 0.717) is 17.0 Å². The van der Waals surface area contributed by atoms with E-state index < -0.39 is 11.0 Å². The molecule has 3 rings (SSSR count). The Morgan fingerprint density at radius 2 is 2.18 bits per heavy atom. The number of carbonyl (C=O) groups excluding carboxylic acids is 1. The van der Waals surface area contributed by atoms with Gasteiger partial charge in [0.2, 0.25) is 10.7 Å². The fraction of sp³-hybridized carbons (Fsp3) is 0.250. The van der Waals surface area contributed by atoms with Crippen molar-refractivity contribution in [3.05, 3.63) is 53.0 Å². The summed E-state index contributed by atoms with van der Waals surface area (Å²) in [6.45, 7) is 3.61. The molecule has 28 heavy (non-hydrogen) atoms. The second-order valence-electron chi connectivity index (χ2n) is 6.54. The van der Waals surface area contributed by atoms with Gasteiger partial charge in [-0.2, -0.15) is 0 Å². The van der Waals surface area contributed by atoms with Crippen LogP contribution in [0.4, 0.5) is 0 Å². The molecule has 0 spiro atoms. The number of terminal acetylenes is 1. The van der Waals surface area contributed by atoms with Crippen molar-refractivity contribution >= 4 is 40.2 Å². The number of nitrogens with one attached hydrogen (secondary N) is 1. The Kier molecular flexibility index (Phi) is 5.82. The lowest BCUT2D eigenvalue weighted by molar-refractivity contribution is -0.126. The van der Waals surface area contributed by atoms with E-state index >= 15 is 0 Å². The van der Waals surface area contributed by atoms with E-state index in [0.717, 1.165) is 10.9 Å². The predicted octanol–water partition coefficient (Wildman–Crippen LogP) is 3.98. The van der Waals surface area contributed by atoms with Gasteiger partial charge in [-0.25, -0.2) is 0 Å². The Morgan fingerprint density at radius 1 is 1.39 bits per heavy atom. The van der Waals surface area contributed by atoms with Gasteiger partial charge in [-0.1, -0.05) is 11.1 Å². The molecule has 0 saturated heterocycles. The number of halogens is 1. The molecule has 6 nitrogen and oxygen atoms in total. The average molecular weight is 416 g/mol. The summed E-state index contributed by atoms with van der Waals surface area (Å²) in [7, 11) is 0. The summed E-state index contributed by atoms with van der Waals surface area (Å²) in [4.78, 5) is 17.1. The number of aromatic nitrogens is 2. The number of ether oxygens (including phenoxy) is 1. The lowest BCUT2D eigenvalue weighted by Gasteiger charge is -2.26. The van der Waals surface area contributed by atoms with Crippen LogP contribution in [-0.2, 0) is 10.3 Å². The molecule has 1 N–H and O–H groups in total. The zero-order chi connectivity index (χ0) is 20.3. The second-order valence-corrected chi connectivity index (χ2v) is 7.81. The van der Waals surface area contributed by atoms with Crippen LogP contribution in [-0.4, -0.2) is 27.7 Å². The first-order valence-corrected chi connectivity index (χ1v) is 9.99. The van der Waals surface area contributed by atoms with Crippen LogP contribution in [0.2, 0.25) is 5.22 Å². The molecule has 0 aliphatic carbocycles. The van der Waals surface area contributed by atoms with Gasteiger partial charge < -0.3 is 14.6 Å². The van der Waals surface area contributed by atoms with E-state index in [1.165, 1.54) is 11.8 Å². The molecule has 1 unspecified atom stereocenters. The third-order valence-corrected chi connectivity index (χ3v) is 4.96. The minimum atomic E-state index is -0.778. The maximum Gasteiger partial charge on any atom is 0.272 e. The van der Waals surface area contributed by atoms with Gasteiger partial charge in [0.15, 0.2) is 0 Å². The van der Waals surface area contributed by atoms with Crippen molar-refractivity contribution in [2.75, 3.05) is 6.26 Å². The first-order chi connectivity index (χ1) is 13.3. The van der Waals surface area contributed by atoms with Crippen LogP contribution in [0.3, 0.4) is 0 Å². The number of pyridine rings is 1. The topological polar surface area (TPSA) is 77.2 Å². The van der Waals surface area contributed by atoms with Gasteiger partial charge in [0, 0.05) is 23.2 Å². The summed E-state index contributed by atoms with van der Waals surface area (Å²) in [6.07, 6.45) is 8.86. The van der Waals surface area contributed by atoms with Gasteiger partial charge in [-0.15, -0.1) is 18.2 Å². The molecule has 2 heterocycles. The maximum atomic E-state index is 12.8. The molecule has 0 saturated carbocycles. The van der Waals surface area contributed by atoms with E-state index in [2.05, 4.69) is 21.4 Å². The number of fused-ring (bicyclic) bond motifs is 1. The Bertz CT molecular complexity index is 1060. The summed E-state index contributed by atoms with van der Waals surface area (Å²) in [5.74, 6) is 2.80. The van der Waals surface area contributed by atoms with Crippen molar-refractivity contribution in [2.24, 2.45) is 0 Å². The van der Waals surface area contributed by atoms with Gasteiger partial charge in [0.25, 0.3) is 5.91 Å². The minimum absolute atomic E-state index is 0.158. The monoisotopic (exact) mass is 415 g/mol. The van der Waals surface area contributed by atoms with E-state index in [1.807, 2.05) is 18.2 Å². The predicted molar refractivity (Wildman–Crippen MR) is 110 cm³/mol. The molecule has 144 valence electrons. The van der Waals surface area contributed by atoms with Crippen LogP contribution in [0.5, 0.6) is 5.75 Å². The molecule has 0 aliphatic heterocycles. The van der Waals surface area contributed by atoms with E-state index in [9.17, 15) is 4.79 Å². The lowest BCUT2D eigenvalue weighted by atomic mass is 10.0. The van der Waals surface area contributed by atoms with Crippen molar-refractivity contribution in [3.63, 3.8) is 0 Å². The first kappa shape index (κ1) is 20.1. The van der Waals surface area contributed by atoms with Gasteiger partial charge >= 0.3 is 0 Å². The largest absolute Gasteiger partial charge is 0.470 e. The molecule has 2 aromatic heterocycles. The first-order valence-electron chi connectivity index (χ1n) is 8.33. The highest BCUT2D eigenvalue weighted by atomic mass is 35.5. The van der Waals surface area contributed by atoms with Gasteiger partial charge in [-0.3, -0.25) is 9.78 Å². The Balaban J connectivity index is 1.77. The van der Waals surface area contributed by atoms with Crippen molar-refractivity contribution < 1.29 is 14.1 Å². The van der Waals surface area contributed by atoms with Crippen molar-refractivity contribution in [1.29, 1.82) is 0 Å². The zero-order valence-corrected chi connectivity index (χ0v) is 17.1. The Morgan fingerprint density at radius 3 is 2.82 bits per heavy atom. The van der Waals surface area contributed by atoms with Gasteiger partial charge in [0.1, 0.15) is 11.4 Å². The minimum Gasteiger partial charge on any atom is -0.470 e. The van der Waals surface area contributed by atoms with Crippen LogP contribution in [0, 0.1) is 12.3 Å². The fourth-order valence-electron chi connectivity index (χ4n) is 2.57. The molecule has 1 amide bonds. The fourth-order valence-corrected chi connectivity index (χ4v) is 3.19. The number of rotatable bonds is 6. The summed E-state index contributed by atoms with van der Waals surface area (Å²) in [5, 5.41) is 7.77. The highest BCUT2D eigenvalue weighted by Crippen LogP contribution is 2.25. The summed E-state index contributed by atoms with van der Waals surface area (Å²) in [5.41, 5.74) is 0.449. The number of amides is 1. The number of hydrogen-bond donors (Lipinski definition) is 1. The third-order valence-electron chi connectivity index (χ3n) is 4.05. The maximum absolute atomic E-state index is 12.8. The van der Waals surface area contributed by atoms with Gasteiger partial charge in [0.05, 0.1) is 11.1 Å². The van der Waals surface area contributed by atoms with Crippen molar-refractivity contribution in [2.45, 2.75) is 24.8 Å². The third kappa shape index (κ3) is 4.41. The van der Waals surface area contributed by atoms with Crippen LogP contribution in [0.25, 0.3) is 10.9 Å². The highest BCUT2D eigenvalue weighted by molar-refractivity contribution is 7.99. The van der Waals surface area contributed by atoms with Crippen LogP contribution < -0.4 is 10.1 Å². The van der Waals surface area contributed by atoms with Crippen molar-refractivity contribution in [1.82, 2.24) is 15.5 Å². The molecule has 0 radical (unpaired) electrons. The quantitative estimate of drug-likeness (QED) is 0.484. The molecule has 3 aromatic rings. The van der Waals surface area contributed by atoms with E-state index in [-0.39, 0.29) is 11.1 Å². The normalized spacial score (nSPS) is 12.4. The summed E-state index contributed by atoms with van der Waals surface area (Å²) >= 11 is 7.06. The highest BCUT2D eigenvalue weighted by Gasteiger charge is 2.30. The zero-order valence-electron chi connectivity index (χ0n) is 15.5. The molecule has 1 aromatic carbocycles. The number of benzene rings is 1.